The third kappa shape index (κ3) is 7.11. The van der Waals surface area contributed by atoms with Gasteiger partial charge in [0.2, 0.25) is 5.91 Å². The largest absolute Gasteiger partial charge is 0.497 e. The minimum atomic E-state index is -2.16. The summed E-state index contributed by atoms with van der Waals surface area (Å²) in [5, 5.41) is 11.6. The smallest absolute Gasteiger partial charge is 0.297 e. The summed E-state index contributed by atoms with van der Waals surface area (Å²) in [4.78, 5) is 28.8. The molecule has 0 saturated carbocycles. The topological polar surface area (TPSA) is 90.2 Å². The second-order valence-corrected chi connectivity index (χ2v) is 18.7. The van der Waals surface area contributed by atoms with Gasteiger partial charge in [-0.2, -0.15) is 0 Å². The Morgan fingerprint density at radius 2 is 1.63 bits per heavy atom. The minimum Gasteiger partial charge on any atom is -0.497 e. The van der Waals surface area contributed by atoms with Crippen LogP contribution < -0.4 is 20.2 Å². The van der Waals surface area contributed by atoms with Gasteiger partial charge in [0.05, 0.1) is 53.6 Å². The van der Waals surface area contributed by atoms with Crippen molar-refractivity contribution in [3.05, 3.63) is 118 Å². The van der Waals surface area contributed by atoms with E-state index in [9.17, 15) is 14.7 Å². The van der Waals surface area contributed by atoms with Gasteiger partial charge in [-0.25, -0.2) is 0 Å². The monoisotopic (exact) mass is 680 g/mol. The predicted octanol–water partition coefficient (Wildman–Crippen LogP) is 5.51. The van der Waals surface area contributed by atoms with Gasteiger partial charge in [-0.05, 0) is 83.8 Å². The van der Waals surface area contributed by atoms with E-state index < -0.39 is 8.07 Å². The van der Waals surface area contributed by atoms with Crippen molar-refractivity contribution in [3.63, 3.8) is 0 Å². The van der Waals surface area contributed by atoms with Gasteiger partial charge in [0.25, 0.3) is 5.56 Å². The van der Waals surface area contributed by atoms with Crippen molar-refractivity contribution < 1.29 is 24.1 Å². The molecule has 8 nitrogen and oxygen atoms in total. The zero-order chi connectivity index (χ0) is 34.7. The molecule has 0 spiro atoms. The van der Waals surface area contributed by atoms with E-state index in [1.54, 1.807) is 30.0 Å². The molecule has 1 amide bonds. The standard InChI is InChI=1S/C40H48N2O6Si/c1-27-35(21-14-28-12-15-31(16-13-28)41-22-8-11-36(47-3)40(41)45)48-37(39(27)49(4,5)34-19-17-33(46-2)18-20-34)24-38(44)42-25-30-10-7-6-9-29(30)23-32(42)26-43/h6-13,15-20,22,27,32,35,37,39,43H,14,21,23-26H2,1-5H3/t27-,32-,35+,37-,39+/m0/s1. The fourth-order valence-corrected chi connectivity index (χ4v) is 12.2. The molecule has 5 atom stereocenters. The normalized spacial score (nSPS) is 22.1. The average Bonchev–Trinajstić information content (AvgIpc) is 3.44. The number of aromatic nitrogens is 1. The first kappa shape index (κ1) is 34.7. The van der Waals surface area contributed by atoms with Crippen molar-refractivity contribution >= 4 is 19.2 Å². The lowest BCUT2D eigenvalue weighted by molar-refractivity contribution is -0.138. The van der Waals surface area contributed by atoms with Crippen LogP contribution in [0.3, 0.4) is 0 Å². The molecular formula is C40H48N2O6Si. The number of hydrogen-bond donors (Lipinski definition) is 1. The van der Waals surface area contributed by atoms with Gasteiger partial charge in [0.1, 0.15) is 5.75 Å². The fourth-order valence-electron chi connectivity index (χ4n) is 8.14. The van der Waals surface area contributed by atoms with Crippen molar-refractivity contribution in [3.8, 4) is 17.2 Å². The molecule has 2 aliphatic rings. The summed E-state index contributed by atoms with van der Waals surface area (Å²) in [6.45, 7) is 7.53. The van der Waals surface area contributed by atoms with E-state index in [-0.39, 0.29) is 47.8 Å². The van der Waals surface area contributed by atoms with E-state index in [2.05, 4.69) is 56.4 Å². The molecule has 9 heteroatoms. The Bertz CT molecular complexity index is 1800. The van der Waals surface area contributed by atoms with Gasteiger partial charge in [0.15, 0.2) is 5.75 Å². The lowest BCUT2D eigenvalue weighted by atomic mass is 9.93. The van der Waals surface area contributed by atoms with E-state index in [0.29, 0.717) is 25.1 Å². The molecular weight excluding hydrogens is 633 g/mol. The van der Waals surface area contributed by atoms with Crippen LogP contribution in [0.5, 0.6) is 11.5 Å². The Labute approximate surface area is 290 Å². The molecule has 49 heavy (non-hydrogen) atoms. The molecule has 3 aromatic carbocycles. The Kier molecular flexibility index (Phi) is 10.4. The first-order valence-electron chi connectivity index (χ1n) is 17.3. The number of methoxy groups -OCH3 is 2. The highest BCUT2D eigenvalue weighted by Gasteiger charge is 2.51. The van der Waals surface area contributed by atoms with Gasteiger partial charge < -0.3 is 24.2 Å². The molecule has 3 heterocycles. The molecule has 2 aliphatic heterocycles. The number of aliphatic hydroxyl groups excluding tert-OH is 1. The number of amides is 1. The van der Waals surface area contributed by atoms with Gasteiger partial charge in [-0.1, -0.05) is 73.7 Å². The van der Waals surface area contributed by atoms with Gasteiger partial charge >= 0.3 is 0 Å². The average molecular weight is 681 g/mol. The summed E-state index contributed by atoms with van der Waals surface area (Å²) in [6, 6.07) is 27.9. The number of aliphatic hydroxyl groups is 1. The second kappa shape index (κ2) is 14.7. The Morgan fingerprint density at radius 3 is 2.31 bits per heavy atom. The molecule has 0 aliphatic carbocycles. The maximum atomic E-state index is 14.1. The Morgan fingerprint density at radius 1 is 0.918 bits per heavy atom. The highest BCUT2D eigenvalue weighted by Crippen LogP contribution is 2.47. The number of nitrogens with zero attached hydrogens (tertiary/aromatic N) is 2. The van der Waals surface area contributed by atoms with Crippen LogP contribution in [0.2, 0.25) is 18.6 Å². The summed E-state index contributed by atoms with van der Waals surface area (Å²) in [5.41, 5.74) is 4.31. The first-order chi connectivity index (χ1) is 23.6. The van der Waals surface area contributed by atoms with E-state index in [4.69, 9.17) is 14.2 Å². The number of aryl methyl sites for hydroxylation is 1. The lowest BCUT2D eigenvalue weighted by Crippen LogP contribution is -2.52. The number of fused-ring (bicyclic) bond motifs is 1. The number of carbonyl (C=O) groups is 1. The highest BCUT2D eigenvalue weighted by molar-refractivity contribution is 6.91. The third-order valence-electron chi connectivity index (χ3n) is 10.9. The second-order valence-electron chi connectivity index (χ2n) is 14.0. The third-order valence-corrected chi connectivity index (χ3v) is 15.3. The molecule has 1 fully saturated rings. The molecule has 4 aromatic rings. The van der Waals surface area contributed by atoms with Gasteiger partial charge in [0, 0.05) is 18.4 Å². The number of carbonyl (C=O) groups excluding carboxylic acids is 1. The first-order valence-corrected chi connectivity index (χ1v) is 20.3. The van der Waals surface area contributed by atoms with Crippen molar-refractivity contribution in [1.29, 1.82) is 0 Å². The Balaban J connectivity index is 1.22. The van der Waals surface area contributed by atoms with Crippen LogP contribution in [0.25, 0.3) is 5.69 Å². The van der Waals surface area contributed by atoms with E-state index in [1.807, 2.05) is 41.3 Å². The number of ether oxygens (including phenoxy) is 3. The van der Waals surface area contributed by atoms with E-state index in [1.165, 1.54) is 17.9 Å². The zero-order valence-corrected chi connectivity index (χ0v) is 30.2. The minimum absolute atomic E-state index is 0.00998. The Hall–Kier alpha value is -4.18. The van der Waals surface area contributed by atoms with Crippen LogP contribution >= 0.6 is 0 Å². The number of hydrogen-bond acceptors (Lipinski definition) is 6. The molecule has 1 N–H and O–H groups in total. The summed E-state index contributed by atoms with van der Waals surface area (Å²) < 4.78 is 19.2. The molecule has 6 rings (SSSR count). The van der Waals surface area contributed by atoms with Crippen molar-refractivity contribution in [1.82, 2.24) is 9.47 Å². The number of benzene rings is 3. The van der Waals surface area contributed by atoms with E-state index >= 15 is 0 Å². The van der Waals surface area contributed by atoms with Gasteiger partial charge in [-0.3, -0.25) is 14.2 Å². The molecule has 1 aromatic heterocycles. The molecule has 0 radical (unpaired) electrons. The summed E-state index contributed by atoms with van der Waals surface area (Å²) >= 11 is 0. The highest BCUT2D eigenvalue weighted by atomic mass is 28.3. The van der Waals surface area contributed by atoms with Crippen molar-refractivity contribution in [2.24, 2.45) is 5.92 Å². The fraction of sp³-hybridized carbons (Fsp3) is 0.400. The van der Waals surface area contributed by atoms with Crippen molar-refractivity contribution in [2.45, 2.75) is 76.0 Å². The van der Waals surface area contributed by atoms with Gasteiger partial charge in [-0.15, -0.1) is 0 Å². The molecule has 258 valence electrons. The maximum absolute atomic E-state index is 14.1. The quantitative estimate of drug-likeness (QED) is 0.210. The summed E-state index contributed by atoms with van der Waals surface area (Å²) in [5.74, 6) is 1.42. The number of rotatable bonds is 11. The van der Waals surface area contributed by atoms with Crippen LogP contribution in [-0.2, 0) is 28.9 Å². The summed E-state index contributed by atoms with van der Waals surface area (Å²) in [7, 11) is 1.02. The molecule has 0 unspecified atom stereocenters. The van der Waals surface area contributed by atoms with Crippen LogP contribution in [0.1, 0.15) is 36.5 Å². The van der Waals surface area contributed by atoms with Crippen LogP contribution in [0.4, 0.5) is 0 Å². The predicted molar refractivity (Wildman–Crippen MR) is 195 cm³/mol. The summed E-state index contributed by atoms with van der Waals surface area (Å²) in [6.07, 6.45) is 4.10. The van der Waals surface area contributed by atoms with Crippen LogP contribution in [0, 0.1) is 5.92 Å². The SMILES string of the molecule is COc1ccc([Si](C)(C)[C@@H]2[C@@H](C)[C@@H](CCc3ccc(-n4cccc(OC)c4=O)cc3)O[C@H]2CC(=O)N2Cc3ccccc3C[C@H]2CO)cc1. The number of pyridine rings is 1. The molecule has 0 bridgehead atoms. The lowest BCUT2D eigenvalue weighted by Gasteiger charge is -2.39. The molecule has 1 saturated heterocycles. The van der Waals surface area contributed by atoms with Crippen molar-refractivity contribution in [2.75, 3.05) is 20.8 Å². The van der Waals surface area contributed by atoms with Crippen LogP contribution in [0.15, 0.2) is 95.9 Å². The van der Waals surface area contributed by atoms with E-state index in [0.717, 1.165) is 35.4 Å². The van der Waals surface area contributed by atoms with Crippen LogP contribution in [-0.4, -0.2) is 67.6 Å². The maximum Gasteiger partial charge on any atom is 0.297 e. The zero-order valence-electron chi connectivity index (χ0n) is 29.2.